The van der Waals surface area contributed by atoms with Crippen LogP contribution in [0, 0.1) is 5.92 Å². The fraction of sp³-hybridized carbons (Fsp3) is 0.615. The maximum atomic E-state index is 10.9. The molecule has 1 aromatic heterocycles. The van der Waals surface area contributed by atoms with Gasteiger partial charge in [-0.1, -0.05) is 26.2 Å². The average molecular weight is 248 g/mol. The first-order valence-corrected chi connectivity index (χ1v) is 6.59. The summed E-state index contributed by atoms with van der Waals surface area (Å²) in [6, 6.07) is 3.85. The van der Waals surface area contributed by atoms with Crippen molar-refractivity contribution in [2.24, 2.45) is 11.7 Å². The highest BCUT2D eigenvalue weighted by atomic mass is 16.1. The van der Waals surface area contributed by atoms with Gasteiger partial charge in [0.25, 0.3) is 5.91 Å². The van der Waals surface area contributed by atoms with Crippen molar-refractivity contribution in [3.05, 3.63) is 17.8 Å². The molecule has 0 saturated heterocycles. The number of rotatable bonds is 4. The molecular formula is C13H20N4O. The van der Waals surface area contributed by atoms with Crippen molar-refractivity contribution < 1.29 is 4.79 Å². The molecule has 18 heavy (non-hydrogen) atoms. The Bertz CT molecular complexity index is 404. The third-order valence-corrected chi connectivity index (χ3v) is 3.63. The largest absolute Gasteiger partial charge is 0.366 e. The molecule has 5 nitrogen and oxygen atoms in total. The van der Waals surface area contributed by atoms with Gasteiger partial charge in [0.05, 0.1) is 0 Å². The van der Waals surface area contributed by atoms with E-state index in [0.717, 1.165) is 11.7 Å². The van der Waals surface area contributed by atoms with Crippen LogP contribution in [0.3, 0.4) is 0 Å². The van der Waals surface area contributed by atoms with E-state index >= 15 is 0 Å². The van der Waals surface area contributed by atoms with Crippen LogP contribution in [0.15, 0.2) is 12.1 Å². The van der Waals surface area contributed by atoms with Crippen molar-refractivity contribution >= 4 is 11.7 Å². The van der Waals surface area contributed by atoms with Crippen molar-refractivity contribution in [1.82, 2.24) is 10.2 Å². The van der Waals surface area contributed by atoms with Crippen molar-refractivity contribution in [2.45, 2.75) is 45.1 Å². The summed E-state index contributed by atoms with van der Waals surface area (Å²) in [5.41, 5.74) is 5.33. The summed E-state index contributed by atoms with van der Waals surface area (Å²) in [6.07, 6.45) is 6.21. The van der Waals surface area contributed by atoms with Crippen LogP contribution in [0.2, 0.25) is 0 Å². The van der Waals surface area contributed by atoms with Gasteiger partial charge in [0.15, 0.2) is 5.69 Å². The molecule has 98 valence electrons. The minimum atomic E-state index is -0.544. The van der Waals surface area contributed by atoms with Crippen LogP contribution in [0.25, 0.3) is 0 Å². The maximum Gasteiger partial charge on any atom is 0.269 e. The standard InChI is InChI=1S/C13H20N4O/c1-2-9-4-3-5-10(8-9)15-12-7-6-11(13(14)18)16-17-12/h6-7,9-10H,2-5,8H2,1H3,(H2,14,18)(H,15,17). The molecule has 2 atom stereocenters. The fourth-order valence-electron chi connectivity index (χ4n) is 2.54. The lowest BCUT2D eigenvalue weighted by Gasteiger charge is -2.29. The highest BCUT2D eigenvalue weighted by Gasteiger charge is 2.20. The van der Waals surface area contributed by atoms with Gasteiger partial charge in [-0.3, -0.25) is 4.79 Å². The van der Waals surface area contributed by atoms with E-state index < -0.39 is 5.91 Å². The monoisotopic (exact) mass is 248 g/mol. The van der Waals surface area contributed by atoms with Gasteiger partial charge in [0.2, 0.25) is 0 Å². The van der Waals surface area contributed by atoms with Crippen LogP contribution in [0.5, 0.6) is 0 Å². The van der Waals surface area contributed by atoms with Gasteiger partial charge < -0.3 is 11.1 Å². The summed E-state index contributed by atoms with van der Waals surface area (Å²) in [4.78, 5) is 10.9. The molecule has 1 aliphatic rings. The van der Waals surface area contributed by atoms with E-state index in [4.69, 9.17) is 5.73 Å². The SMILES string of the molecule is CCC1CCCC(Nc2ccc(C(N)=O)nn2)C1. The smallest absolute Gasteiger partial charge is 0.269 e. The summed E-state index contributed by atoms with van der Waals surface area (Å²) >= 11 is 0. The van der Waals surface area contributed by atoms with E-state index in [9.17, 15) is 4.79 Å². The van der Waals surface area contributed by atoms with Gasteiger partial charge in [-0.2, -0.15) is 0 Å². The molecule has 2 rings (SSSR count). The zero-order valence-electron chi connectivity index (χ0n) is 10.7. The Hall–Kier alpha value is -1.65. The van der Waals surface area contributed by atoms with E-state index in [1.54, 1.807) is 12.1 Å². The van der Waals surface area contributed by atoms with Gasteiger partial charge in [-0.25, -0.2) is 0 Å². The zero-order chi connectivity index (χ0) is 13.0. The topological polar surface area (TPSA) is 80.9 Å². The summed E-state index contributed by atoms with van der Waals surface area (Å²) in [5, 5.41) is 11.2. The molecule has 0 radical (unpaired) electrons. The molecule has 1 aromatic rings. The molecule has 5 heteroatoms. The number of carbonyl (C=O) groups excluding carboxylic acids is 1. The van der Waals surface area contributed by atoms with E-state index in [1.807, 2.05) is 0 Å². The molecule has 0 spiro atoms. The van der Waals surface area contributed by atoms with Crippen LogP contribution in [0.4, 0.5) is 5.82 Å². The maximum absolute atomic E-state index is 10.9. The number of hydrogen-bond acceptors (Lipinski definition) is 4. The predicted octanol–water partition coefficient (Wildman–Crippen LogP) is 1.96. The van der Waals surface area contributed by atoms with E-state index in [1.165, 1.54) is 32.1 Å². The first kappa shape index (κ1) is 12.8. The highest BCUT2D eigenvalue weighted by molar-refractivity contribution is 5.90. The second-order valence-corrected chi connectivity index (χ2v) is 4.95. The number of aromatic nitrogens is 2. The number of primary amides is 1. The third-order valence-electron chi connectivity index (χ3n) is 3.63. The molecule has 1 aliphatic carbocycles. The van der Waals surface area contributed by atoms with Gasteiger partial charge in [0, 0.05) is 6.04 Å². The minimum Gasteiger partial charge on any atom is -0.366 e. The molecule has 0 bridgehead atoms. The number of carbonyl (C=O) groups is 1. The summed E-state index contributed by atoms with van der Waals surface area (Å²) in [5.74, 6) is 0.994. The summed E-state index contributed by atoms with van der Waals surface area (Å²) in [7, 11) is 0. The number of amides is 1. The van der Waals surface area contributed by atoms with E-state index in [2.05, 4.69) is 22.4 Å². The van der Waals surface area contributed by atoms with Crippen LogP contribution in [-0.4, -0.2) is 22.1 Å². The molecule has 1 amide bonds. The Morgan fingerprint density at radius 1 is 1.44 bits per heavy atom. The van der Waals surface area contributed by atoms with Crippen LogP contribution in [-0.2, 0) is 0 Å². The highest BCUT2D eigenvalue weighted by Crippen LogP contribution is 2.28. The van der Waals surface area contributed by atoms with E-state index in [0.29, 0.717) is 6.04 Å². The Labute approximate surface area is 107 Å². The number of nitrogens with one attached hydrogen (secondary N) is 1. The molecule has 1 heterocycles. The lowest BCUT2D eigenvalue weighted by Crippen LogP contribution is -2.27. The molecule has 2 unspecified atom stereocenters. The lowest BCUT2D eigenvalue weighted by molar-refractivity contribution is 0.0994. The summed E-state index contributed by atoms with van der Waals surface area (Å²) < 4.78 is 0. The Kier molecular flexibility index (Phi) is 4.12. The quantitative estimate of drug-likeness (QED) is 0.853. The Morgan fingerprint density at radius 3 is 2.89 bits per heavy atom. The zero-order valence-corrected chi connectivity index (χ0v) is 10.7. The second-order valence-electron chi connectivity index (χ2n) is 4.95. The Morgan fingerprint density at radius 2 is 2.28 bits per heavy atom. The number of nitrogens with zero attached hydrogens (tertiary/aromatic N) is 2. The molecule has 0 aliphatic heterocycles. The van der Waals surface area contributed by atoms with Crippen LogP contribution in [0.1, 0.15) is 49.5 Å². The van der Waals surface area contributed by atoms with Crippen LogP contribution < -0.4 is 11.1 Å². The predicted molar refractivity (Wildman–Crippen MR) is 70.2 cm³/mol. The Balaban J connectivity index is 1.94. The van der Waals surface area contributed by atoms with Gasteiger partial charge in [0.1, 0.15) is 5.82 Å². The molecule has 1 saturated carbocycles. The lowest BCUT2D eigenvalue weighted by atomic mass is 9.84. The minimum absolute atomic E-state index is 0.204. The van der Waals surface area contributed by atoms with Crippen molar-refractivity contribution in [2.75, 3.05) is 5.32 Å². The van der Waals surface area contributed by atoms with Gasteiger partial charge >= 0.3 is 0 Å². The van der Waals surface area contributed by atoms with Crippen molar-refractivity contribution in [3.63, 3.8) is 0 Å². The fourth-order valence-corrected chi connectivity index (χ4v) is 2.54. The second kappa shape index (κ2) is 5.80. The molecule has 1 fully saturated rings. The average Bonchev–Trinajstić information content (AvgIpc) is 2.39. The van der Waals surface area contributed by atoms with Crippen molar-refractivity contribution in [3.8, 4) is 0 Å². The molecule has 3 N–H and O–H groups in total. The van der Waals surface area contributed by atoms with E-state index in [-0.39, 0.29) is 5.69 Å². The molecule has 0 aromatic carbocycles. The normalized spacial score (nSPS) is 23.6. The first-order valence-electron chi connectivity index (χ1n) is 6.59. The van der Waals surface area contributed by atoms with Crippen molar-refractivity contribution in [1.29, 1.82) is 0 Å². The van der Waals surface area contributed by atoms with Crippen LogP contribution >= 0.6 is 0 Å². The number of hydrogen-bond donors (Lipinski definition) is 2. The summed E-state index contributed by atoms with van der Waals surface area (Å²) in [6.45, 7) is 2.24. The number of nitrogens with two attached hydrogens (primary N) is 1. The van der Waals surface area contributed by atoms with Gasteiger partial charge in [-0.15, -0.1) is 10.2 Å². The molecular weight excluding hydrogens is 228 g/mol. The third kappa shape index (κ3) is 3.18. The first-order chi connectivity index (χ1) is 8.69. The number of anilines is 1. The van der Waals surface area contributed by atoms with Gasteiger partial charge in [-0.05, 0) is 30.9 Å².